The van der Waals surface area contributed by atoms with Gasteiger partial charge in [0.15, 0.2) is 0 Å². The van der Waals surface area contributed by atoms with Crippen LogP contribution in [0.3, 0.4) is 0 Å². The molecule has 0 aromatic heterocycles. The Morgan fingerprint density at radius 3 is 1.97 bits per heavy atom. The molecule has 0 N–H and O–H groups in total. The summed E-state index contributed by atoms with van der Waals surface area (Å²) in [5.74, 6) is -1.09. The van der Waals surface area contributed by atoms with Gasteiger partial charge in [-0.05, 0) is 82.5 Å². The fraction of sp³-hybridized carbons (Fsp3) is 0.273. The van der Waals surface area contributed by atoms with Gasteiger partial charge in [-0.25, -0.2) is 8.78 Å². The van der Waals surface area contributed by atoms with Gasteiger partial charge in [0.05, 0.1) is 5.56 Å². The van der Waals surface area contributed by atoms with Crippen molar-refractivity contribution in [2.45, 2.75) is 58.3 Å². The Bertz CT molecular complexity index is 1260. The number of unbranched alkanes of at least 4 members (excludes halogenated alkanes) is 4. The average molecular weight is 469 g/mol. The van der Waals surface area contributed by atoms with E-state index < -0.39 is 11.6 Å². The summed E-state index contributed by atoms with van der Waals surface area (Å²) in [6.07, 6.45) is 11.1. The van der Waals surface area contributed by atoms with E-state index in [1.165, 1.54) is 49.8 Å². The van der Waals surface area contributed by atoms with Gasteiger partial charge >= 0.3 is 0 Å². The quantitative estimate of drug-likeness (QED) is 0.152. The van der Waals surface area contributed by atoms with Crippen LogP contribution in [0.2, 0.25) is 0 Å². The summed E-state index contributed by atoms with van der Waals surface area (Å²) in [7, 11) is 0. The van der Waals surface area contributed by atoms with Crippen LogP contribution < -0.4 is 0 Å². The Morgan fingerprint density at radius 2 is 1.26 bits per heavy atom. The predicted molar refractivity (Wildman–Crippen MR) is 146 cm³/mol. The highest BCUT2D eigenvalue weighted by Gasteiger charge is 2.14. The van der Waals surface area contributed by atoms with E-state index in [-0.39, 0.29) is 5.56 Å². The van der Waals surface area contributed by atoms with Gasteiger partial charge in [0.1, 0.15) is 11.6 Å². The molecule has 2 heteroatoms. The van der Waals surface area contributed by atoms with Crippen LogP contribution in [0.4, 0.5) is 8.78 Å². The minimum Gasteiger partial charge on any atom is -0.206 e. The lowest BCUT2D eigenvalue weighted by molar-refractivity contribution is 0.590. The van der Waals surface area contributed by atoms with E-state index in [0.717, 1.165) is 41.2 Å². The van der Waals surface area contributed by atoms with Gasteiger partial charge in [0.2, 0.25) is 0 Å². The van der Waals surface area contributed by atoms with Crippen molar-refractivity contribution in [1.29, 1.82) is 0 Å². The molecule has 0 nitrogen and oxygen atoms in total. The average Bonchev–Trinajstić information content (AvgIpc) is 2.87. The zero-order valence-electron chi connectivity index (χ0n) is 20.6. The van der Waals surface area contributed by atoms with Gasteiger partial charge in [-0.15, -0.1) is 6.58 Å². The Morgan fingerprint density at radius 1 is 0.629 bits per heavy atom. The molecule has 0 spiro atoms. The first kappa shape index (κ1) is 24.9. The fourth-order valence-electron chi connectivity index (χ4n) is 4.69. The zero-order valence-corrected chi connectivity index (χ0v) is 20.6. The van der Waals surface area contributed by atoms with E-state index in [1.54, 1.807) is 12.1 Å². The Kier molecular flexibility index (Phi) is 8.47. The molecule has 0 aliphatic heterocycles. The standard InChI is InChI=1S/C33H34F2/c1-3-5-7-8-9-11-25-14-17-28-21-29(19-18-27(28)20-25)30-22-31(34)33(32(35)23-30)26-15-12-24(13-16-26)10-6-4-2/h4,12-23H,2-3,5-11H2,1H3. The molecule has 35 heavy (non-hydrogen) atoms. The monoisotopic (exact) mass is 468 g/mol. The van der Waals surface area contributed by atoms with E-state index >= 15 is 8.78 Å². The summed E-state index contributed by atoms with van der Waals surface area (Å²) in [6, 6.07) is 22.9. The van der Waals surface area contributed by atoms with Crippen molar-refractivity contribution in [3.05, 3.63) is 108 Å². The second-order valence-electron chi connectivity index (χ2n) is 9.40. The molecule has 4 aromatic rings. The maximum Gasteiger partial charge on any atom is 0.134 e. The van der Waals surface area contributed by atoms with Gasteiger partial charge < -0.3 is 0 Å². The van der Waals surface area contributed by atoms with Crippen LogP contribution >= 0.6 is 0 Å². The van der Waals surface area contributed by atoms with Gasteiger partial charge in [-0.2, -0.15) is 0 Å². The third-order valence-corrected chi connectivity index (χ3v) is 6.73. The molecule has 4 rings (SSSR count). The largest absolute Gasteiger partial charge is 0.206 e. The Labute approximate surface area is 208 Å². The summed E-state index contributed by atoms with van der Waals surface area (Å²) in [4.78, 5) is 0. The molecule has 0 bridgehead atoms. The minimum atomic E-state index is -0.544. The third-order valence-electron chi connectivity index (χ3n) is 6.73. The summed E-state index contributed by atoms with van der Waals surface area (Å²) >= 11 is 0. The molecule has 0 atom stereocenters. The third kappa shape index (κ3) is 6.25. The number of fused-ring (bicyclic) bond motifs is 1. The number of hydrogen-bond acceptors (Lipinski definition) is 0. The molecule has 0 unspecified atom stereocenters. The van der Waals surface area contributed by atoms with Gasteiger partial charge in [-0.1, -0.05) is 93.3 Å². The molecule has 0 radical (unpaired) electrons. The molecule has 0 amide bonds. The van der Waals surface area contributed by atoms with Crippen molar-refractivity contribution >= 4 is 10.8 Å². The topological polar surface area (TPSA) is 0 Å². The van der Waals surface area contributed by atoms with Crippen molar-refractivity contribution in [3.8, 4) is 22.3 Å². The molecule has 180 valence electrons. The minimum absolute atomic E-state index is 0.0217. The number of allylic oxidation sites excluding steroid dienone is 1. The fourth-order valence-corrected chi connectivity index (χ4v) is 4.69. The smallest absolute Gasteiger partial charge is 0.134 e. The lowest BCUT2D eigenvalue weighted by atomic mass is 9.95. The summed E-state index contributed by atoms with van der Waals surface area (Å²) in [5.41, 5.74) is 4.41. The van der Waals surface area contributed by atoms with Gasteiger partial charge in [0, 0.05) is 0 Å². The van der Waals surface area contributed by atoms with Crippen LogP contribution in [0.15, 0.2) is 85.5 Å². The van der Waals surface area contributed by atoms with Crippen molar-refractivity contribution < 1.29 is 8.78 Å². The van der Waals surface area contributed by atoms with Crippen LogP contribution in [0.1, 0.15) is 56.6 Å². The highest BCUT2D eigenvalue weighted by molar-refractivity contribution is 5.88. The van der Waals surface area contributed by atoms with E-state index in [4.69, 9.17) is 0 Å². The number of rotatable bonds is 11. The molecule has 0 aliphatic rings. The number of halogens is 2. The zero-order chi connectivity index (χ0) is 24.6. The molecular formula is C33H34F2. The van der Waals surface area contributed by atoms with Gasteiger partial charge in [-0.3, -0.25) is 0 Å². The lowest BCUT2D eigenvalue weighted by Crippen LogP contribution is -1.93. The van der Waals surface area contributed by atoms with Crippen molar-refractivity contribution in [1.82, 2.24) is 0 Å². The van der Waals surface area contributed by atoms with Crippen molar-refractivity contribution in [2.75, 3.05) is 0 Å². The molecule has 4 aromatic carbocycles. The van der Waals surface area contributed by atoms with Crippen LogP contribution in [-0.2, 0) is 12.8 Å². The first-order valence-electron chi connectivity index (χ1n) is 12.8. The van der Waals surface area contributed by atoms with Crippen LogP contribution in [0.25, 0.3) is 33.0 Å². The maximum atomic E-state index is 15.1. The normalized spacial score (nSPS) is 11.2. The molecule has 0 aliphatic carbocycles. The summed E-state index contributed by atoms with van der Waals surface area (Å²) in [6.45, 7) is 5.97. The lowest BCUT2D eigenvalue weighted by Gasteiger charge is -2.11. The Hall–Kier alpha value is -3.26. The summed E-state index contributed by atoms with van der Waals surface area (Å²) < 4.78 is 30.2. The van der Waals surface area contributed by atoms with E-state index in [0.29, 0.717) is 11.1 Å². The SMILES string of the molecule is C=CCCc1ccc(-c2c(F)cc(-c3ccc4cc(CCCCCCC)ccc4c3)cc2F)cc1. The highest BCUT2D eigenvalue weighted by Crippen LogP contribution is 2.33. The first-order valence-corrected chi connectivity index (χ1v) is 12.8. The van der Waals surface area contributed by atoms with E-state index in [9.17, 15) is 0 Å². The maximum absolute atomic E-state index is 15.1. The molecule has 0 heterocycles. The van der Waals surface area contributed by atoms with Crippen LogP contribution in [0.5, 0.6) is 0 Å². The molecule has 0 saturated carbocycles. The van der Waals surface area contributed by atoms with Crippen LogP contribution in [0, 0.1) is 11.6 Å². The van der Waals surface area contributed by atoms with E-state index in [1.807, 2.05) is 30.3 Å². The molecular weight excluding hydrogens is 434 g/mol. The second kappa shape index (κ2) is 11.9. The number of hydrogen-bond donors (Lipinski definition) is 0. The van der Waals surface area contributed by atoms with E-state index in [2.05, 4.69) is 37.8 Å². The Balaban J connectivity index is 1.53. The number of aryl methyl sites for hydroxylation is 2. The number of benzene rings is 4. The highest BCUT2D eigenvalue weighted by atomic mass is 19.1. The van der Waals surface area contributed by atoms with Crippen LogP contribution in [-0.4, -0.2) is 0 Å². The van der Waals surface area contributed by atoms with Crippen molar-refractivity contribution in [3.63, 3.8) is 0 Å². The molecule has 0 fully saturated rings. The summed E-state index contributed by atoms with van der Waals surface area (Å²) in [5, 5.41) is 2.24. The van der Waals surface area contributed by atoms with Gasteiger partial charge in [0.25, 0.3) is 0 Å². The second-order valence-corrected chi connectivity index (χ2v) is 9.40. The first-order chi connectivity index (χ1) is 17.1. The molecule has 0 saturated heterocycles. The predicted octanol–water partition coefficient (Wildman–Crippen LogP) is 10.1. The van der Waals surface area contributed by atoms with Crippen molar-refractivity contribution in [2.24, 2.45) is 0 Å².